The maximum absolute atomic E-state index is 11.4. The molecule has 1 saturated heterocycles. The van der Waals surface area contributed by atoms with Gasteiger partial charge in [0.2, 0.25) is 16.3 Å². The maximum Gasteiger partial charge on any atom is 0.217 e. The number of nitrogens with one attached hydrogen (secondary N) is 2. The van der Waals surface area contributed by atoms with E-state index in [2.05, 4.69) is 23.9 Å². The van der Waals surface area contributed by atoms with Crippen molar-refractivity contribution in [1.82, 2.24) is 19.7 Å². The zero-order valence-corrected chi connectivity index (χ0v) is 19.3. The SMILES string of the molecule is CC1(CNS(C)(=O)=O)COC(c2nc(-c3ccc(P)cc3)c(-c3ccncc3)[nH]2)OC1. The third-order valence-corrected chi connectivity index (χ3v) is 6.08. The van der Waals surface area contributed by atoms with E-state index in [1.54, 1.807) is 12.4 Å². The number of aromatic nitrogens is 3. The van der Waals surface area contributed by atoms with Gasteiger partial charge in [-0.05, 0) is 17.4 Å². The van der Waals surface area contributed by atoms with Crippen LogP contribution in [-0.2, 0) is 19.5 Å². The van der Waals surface area contributed by atoms with Crippen LogP contribution in [0.2, 0.25) is 0 Å². The van der Waals surface area contributed by atoms with Crippen molar-refractivity contribution in [3.05, 3.63) is 54.6 Å². The summed E-state index contributed by atoms with van der Waals surface area (Å²) in [5, 5.41) is 1.09. The van der Waals surface area contributed by atoms with Crippen LogP contribution >= 0.6 is 9.24 Å². The average molecular weight is 460 g/mol. The maximum atomic E-state index is 11.4. The molecule has 0 amide bonds. The summed E-state index contributed by atoms with van der Waals surface area (Å²) in [4.78, 5) is 12.3. The predicted octanol–water partition coefficient (Wildman–Crippen LogP) is 2.24. The zero-order valence-electron chi connectivity index (χ0n) is 17.3. The quantitative estimate of drug-likeness (QED) is 0.547. The number of hydrogen-bond acceptors (Lipinski definition) is 6. The highest BCUT2D eigenvalue weighted by Gasteiger charge is 2.35. The van der Waals surface area contributed by atoms with Crippen LogP contribution in [0.15, 0.2) is 48.8 Å². The monoisotopic (exact) mass is 460 g/mol. The Hall–Kier alpha value is -2.16. The van der Waals surface area contributed by atoms with Crippen molar-refractivity contribution in [3.63, 3.8) is 0 Å². The van der Waals surface area contributed by atoms with Gasteiger partial charge in [0.1, 0.15) is 0 Å². The van der Waals surface area contributed by atoms with Crippen LogP contribution in [0.5, 0.6) is 0 Å². The molecule has 1 fully saturated rings. The Kier molecular flexibility index (Phi) is 6.23. The number of rotatable bonds is 6. The number of sulfonamides is 1. The van der Waals surface area contributed by atoms with Crippen molar-refractivity contribution >= 4 is 24.6 Å². The number of H-pyrrole nitrogens is 1. The van der Waals surface area contributed by atoms with Crippen LogP contribution in [0.4, 0.5) is 0 Å². The minimum Gasteiger partial charge on any atom is -0.345 e. The van der Waals surface area contributed by atoms with Gasteiger partial charge in [0.25, 0.3) is 0 Å². The molecule has 4 rings (SSSR count). The Morgan fingerprint density at radius 3 is 2.39 bits per heavy atom. The molecule has 0 bridgehead atoms. The third kappa shape index (κ3) is 5.37. The number of benzene rings is 1. The summed E-state index contributed by atoms with van der Waals surface area (Å²) >= 11 is 0. The van der Waals surface area contributed by atoms with Crippen molar-refractivity contribution in [3.8, 4) is 22.5 Å². The summed E-state index contributed by atoms with van der Waals surface area (Å²) in [6.07, 6.45) is 3.94. The number of nitrogens with zero attached hydrogens (tertiary/aromatic N) is 2. The lowest BCUT2D eigenvalue weighted by Gasteiger charge is -2.36. The van der Waals surface area contributed by atoms with Crippen LogP contribution in [0.3, 0.4) is 0 Å². The molecule has 3 aromatic rings. The first-order chi connectivity index (χ1) is 14.7. The van der Waals surface area contributed by atoms with Gasteiger partial charge in [0, 0.05) is 35.5 Å². The second-order valence-corrected chi connectivity index (χ2v) is 10.6. The molecule has 0 saturated carbocycles. The molecule has 1 aromatic carbocycles. The minimum atomic E-state index is -3.28. The van der Waals surface area contributed by atoms with Gasteiger partial charge >= 0.3 is 0 Å². The third-order valence-electron chi connectivity index (χ3n) is 5.03. The molecule has 10 heteroatoms. The summed E-state index contributed by atoms with van der Waals surface area (Å²) in [6, 6.07) is 11.9. The predicted molar refractivity (Wildman–Crippen MR) is 122 cm³/mol. The Labute approximate surface area is 184 Å². The van der Waals surface area contributed by atoms with Crippen molar-refractivity contribution < 1.29 is 17.9 Å². The molecule has 1 unspecified atom stereocenters. The van der Waals surface area contributed by atoms with Crippen LogP contribution < -0.4 is 10.0 Å². The molecule has 2 N–H and O–H groups in total. The van der Waals surface area contributed by atoms with Crippen LogP contribution in [0.25, 0.3) is 22.5 Å². The molecular formula is C21H25N4O4PS. The van der Waals surface area contributed by atoms with E-state index in [4.69, 9.17) is 14.5 Å². The van der Waals surface area contributed by atoms with Gasteiger partial charge in [0.15, 0.2) is 5.82 Å². The fourth-order valence-corrected chi connectivity index (χ4v) is 4.09. The lowest BCUT2D eigenvalue weighted by Crippen LogP contribution is -2.45. The highest BCUT2D eigenvalue weighted by Crippen LogP contribution is 2.35. The standard InChI is InChI=1S/C21H25N4O4PS/c1-21(11-23-31(2,26)27)12-28-20(29-13-21)19-24-17(14-3-5-16(30)6-4-14)18(25-19)15-7-9-22-10-8-15/h3-10,20,23H,11-13,30H2,1-2H3,(H,24,25). The normalized spacial score (nSPS) is 21.8. The molecule has 164 valence electrons. The number of hydrogen-bond donors (Lipinski definition) is 2. The fraction of sp³-hybridized carbons (Fsp3) is 0.333. The lowest BCUT2D eigenvalue weighted by atomic mass is 9.92. The molecule has 1 aliphatic rings. The summed E-state index contributed by atoms with van der Waals surface area (Å²) in [7, 11) is -0.604. The van der Waals surface area contributed by atoms with E-state index in [0.29, 0.717) is 19.0 Å². The summed E-state index contributed by atoms with van der Waals surface area (Å²) in [5.41, 5.74) is 3.12. The van der Waals surface area contributed by atoms with Gasteiger partial charge in [-0.3, -0.25) is 4.98 Å². The van der Waals surface area contributed by atoms with Crippen LogP contribution in [0, 0.1) is 5.41 Å². The van der Waals surface area contributed by atoms with E-state index < -0.39 is 21.7 Å². The second kappa shape index (κ2) is 8.76. The first-order valence-electron chi connectivity index (χ1n) is 9.77. The Bertz CT molecular complexity index is 1140. The molecule has 0 spiro atoms. The van der Waals surface area contributed by atoms with Gasteiger partial charge in [-0.1, -0.05) is 31.2 Å². The first kappa shape index (κ1) is 22.0. The molecule has 8 nitrogen and oxygen atoms in total. The first-order valence-corrected chi connectivity index (χ1v) is 12.2. The molecule has 1 atom stereocenters. The van der Waals surface area contributed by atoms with Gasteiger partial charge in [-0.25, -0.2) is 18.1 Å². The van der Waals surface area contributed by atoms with E-state index in [1.165, 1.54) is 0 Å². The van der Waals surface area contributed by atoms with E-state index in [0.717, 1.165) is 34.1 Å². The molecule has 1 aliphatic heterocycles. The number of aromatic amines is 1. The summed E-state index contributed by atoms with van der Waals surface area (Å²) < 4.78 is 37.2. The topological polar surface area (TPSA) is 106 Å². The lowest BCUT2D eigenvalue weighted by molar-refractivity contribution is -0.231. The largest absolute Gasteiger partial charge is 0.345 e. The van der Waals surface area contributed by atoms with Crippen LogP contribution in [0.1, 0.15) is 19.0 Å². The molecule has 3 heterocycles. The van der Waals surface area contributed by atoms with Gasteiger partial charge in [-0.15, -0.1) is 9.24 Å². The molecule has 0 aliphatic carbocycles. The van der Waals surface area contributed by atoms with E-state index >= 15 is 0 Å². The highest BCUT2D eigenvalue weighted by molar-refractivity contribution is 7.88. The average Bonchev–Trinajstić information content (AvgIpc) is 3.19. The van der Waals surface area contributed by atoms with E-state index in [1.807, 2.05) is 43.3 Å². The van der Waals surface area contributed by atoms with E-state index in [9.17, 15) is 8.42 Å². The van der Waals surface area contributed by atoms with Crippen molar-refractivity contribution in [2.45, 2.75) is 13.2 Å². The van der Waals surface area contributed by atoms with Crippen molar-refractivity contribution in [2.75, 3.05) is 26.0 Å². The van der Waals surface area contributed by atoms with E-state index in [-0.39, 0.29) is 6.54 Å². The van der Waals surface area contributed by atoms with Gasteiger partial charge < -0.3 is 14.5 Å². The highest BCUT2D eigenvalue weighted by atomic mass is 32.2. The smallest absolute Gasteiger partial charge is 0.217 e. The van der Waals surface area contributed by atoms with Gasteiger partial charge in [-0.2, -0.15) is 0 Å². The van der Waals surface area contributed by atoms with Gasteiger partial charge in [0.05, 0.1) is 30.9 Å². The number of pyridine rings is 1. The minimum absolute atomic E-state index is 0.242. The second-order valence-electron chi connectivity index (χ2n) is 8.06. The van der Waals surface area contributed by atoms with Crippen molar-refractivity contribution in [1.29, 1.82) is 0 Å². The molecular weight excluding hydrogens is 435 g/mol. The Morgan fingerprint density at radius 2 is 1.77 bits per heavy atom. The molecule has 2 aromatic heterocycles. The summed E-state index contributed by atoms with van der Waals surface area (Å²) in [5.74, 6) is 0.565. The fourth-order valence-electron chi connectivity index (χ4n) is 3.29. The van der Waals surface area contributed by atoms with Crippen LogP contribution in [-0.4, -0.2) is 49.4 Å². The molecule has 31 heavy (non-hydrogen) atoms. The summed E-state index contributed by atoms with van der Waals surface area (Å²) in [6.45, 7) is 2.83. The molecule has 0 radical (unpaired) electrons. The zero-order chi connectivity index (χ0) is 22.1. The Balaban J connectivity index is 1.59. The Morgan fingerprint density at radius 1 is 1.13 bits per heavy atom. The number of ether oxygens (including phenoxy) is 2. The number of imidazole rings is 1. The van der Waals surface area contributed by atoms with Crippen molar-refractivity contribution in [2.24, 2.45) is 5.41 Å².